The molecule has 4 rings (SSSR count). The van der Waals surface area contributed by atoms with Gasteiger partial charge in [-0.05, 0) is 41.4 Å². The Morgan fingerprint density at radius 3 is 2.63 bits per heavy atom. The predicted molar refractivity (Wildman–Crippen MR) is 138 cm³/mol. The largest absolute Gasteiger partial charge is 0.468 e. The highest BCUT2D eigenvalue weighted by atomic mass is 32.2. The molecule has 2 aromatic carbocycles. The van der Waals surface area contributed by atoms with Crippen LogP contribution in [-0.4, -0.2) is 42.9 Å². The van der Waals surface area contributed by atoms with Crippen LogP contribution >= 0.6 is 11.8 Å². The van der Waals surface area contributed by atoms with Crippen LogP contribution in [0.4, 0.5) is 0 Å². The molecule has 2 aliphatic rings. The van der Waals surface area contributed by atoms with E-state index in [0.717, 1.165) is 27.8 Å². The molecule has 35 heavy (non-hydrogen) atoms. The summed E-state index contributed by atoms with van der Waals surface area (Å²) in [6.45, 7) is 6.08. The Hall–Kier alpha value is -3.06. The molecule has 0 saturated carbocycles. The van der Waals surface area contributed by atoms with E-state index in [-0.39, 0.29) is 18.3 Å². The molecule has 6 nitrogen and oxygen atoms in total. The van der Waals surface area contributed by atoms with E-state index in [2.05, 4.69) is 12.2 Å². The van der Waals surface area contributed by atoms with Crippen molar-refractivity contribution in [1.29, 1.82) is 0 Å². The van der Waals surface area contributed by atoms with Crippen molar-refractivity contribution in [3.63, 3.8) is 0 Å². The lowest BCUT2D eigenvalue weighted by Gasteiger charge is -2.38. The van der Waals surface area contributed by atoms with E-state index >= 15 is 0 Å². The maximum absolute atomic E-state index is 13.9. The highest BCUT2D eigenvalue weighted by Gasteiger charge is 2.47. The number of fused-ring (bicyclic) bond motifs is 1. The first-order valence-corrected chi connectivity index (χ1v) is 13.1. The number of dihydropyridines is 1. The van der Waals surface area contributed by atoms with Crippen molar-refractivity contribution < 1.29 is 23.9 Å². The fourth-order valence-corrected chi connectivity index (χ4v) is 5.67. The maximum atomic E-state index is 13.9. The molecule has 3 atom stereocenters. The lowest BCUT2D eigenvalue weighted by molar-refractivity contribution is -0.151. The van der Waals surface area contributed by atoms with E-state index in [4.69, 9.17) is 9.47 Å². The fourth-order valence-electron chi connectivity index (χ4n) is 5.18. The molecule has 7 heteroatoms. The standard InChI is InChI=1S/C28H31NO5S/c1-5-35-14-13-34-28(32)23-17(3)29-21-15-16(2)22(27(31)33-4)26(30)25(21)24(23)20-12-8-10-18-9-6-7-11-19(18)20/h6-12,16,22,24,29H,5,13-15H2,1-4H3/t16-,22+,24-/m1/s1. The average Bonchev–Trinajstić information content (AvgIpc) is 2.85. The molecule has 0 bridgehead atoms. The summed E-state index contributed by atoms with van der Waals surface area (Å²) < 4.78 is 10.7. The van der Waals surface area contributed by atoms with Gasteiger partial charge in [-0.2, -0.15) is 11.8 Å². The van der Waals surface area contributed by atoms with Crippen molar-refractivity contribution >= 4 is 40.3 Å². The van der Waals surface area contributed by atoms with Crippen LogP contribution in [0.25, 0.3) is 10.8 Å². The minimum Gasteiger partial charge on any atom is -0.468 e. The number of ketones is 1. The zero-order valence-corrected chi connectivity index (χ0v) is 21.4. The number of allylic oxidation sites excluding steroid dienone is 3. The summed E-state index contributed by atoms with van der Waals surface area (Å²) in [4.78, 5) is 39.9. The van der Waals surface area contributed by atoms with Gasteiger partial charge < -0.3 is 14.8 Å². The molecule has 1 aliphatic heterocycles. The SMILES string of the molecule is CCSCCOC(=O)C1=C(C)NC2=C(C(=O)[C@@H](C(=O)OC)[C@H](C)C2)[C@@H]1c1cccc2ccccc12. The number of Topliss-reactive ketones (excluding diaryl/α,β-unsaturated/α-hetero) is 1. The molecule has 184 valence electrons. The fraction of sp³-hybridized carbons (Fsp3) is 0.393. The second-order valence-corrected chi connectivity index (χ2v) is 10.3. The number of ether oxygens (including phenoxy) is 2. The number of thioether (sulfide) groups is 1. The van der Waals surface area contributed by atoms with Gasteiger partial charge in [-0.1, -0.05) is 56.3 Å². The van der Waals surface area contributed by atoms with Crippen molar-refractivity contribution in [3.8, 4) is 0 Å². The van der Waals surface area contributed by atoms with Crippen molar-refractivity contribution in [3.05, 3.63) is 70.6 Å². The maximum Gasteiger partial charge on any atom is 0.336 e. The molecule has 2 aromatic rings. The van der Waals surface area contributed by atoms with Crippen molar-refractivity contribution in [1.82, 2.24) is 5.32 Å². The zero-order valence-electron chi connectivity index (χ0n) is 20.6. The highest BCUT2D eigenvalue weighted by Crippen LogP contribution is 2.46. The molecule has 0 radical (unpaired) electrons. The molecule has 0 fully saturated rings. The molecule has 0 spiro atoms. The predicted octanol–water partition coefficient (Wildman–Crippen LogP) is 4.75. The third kappa shape index (κ3) is 4.74. The van der Waals surface area contributed by atoms with E-state index in [1.807, 2.05) is 56.3 Å². The Morgan fingerprint density at radius 1 is 1.14 bits per heavy atom. The normalized spacial score (nSPS) is 22.1. The summed E-state index contributed by atoms with van der Waals surface area (Å²) in [5.74, 6) is -1.41. The number of carbonyl (C=O) groups excluding carboxylic acids is 3. The summed E-state index contributed by atoms with van der Waals surface area (Å²) in [5, 5.41) is 5.28. The number of hydrogen-bond acceptors (Lipinski definition) is 7. The second kappa shape index (κ2) is 10.7. The van der Waals surface area contributed by atoms with Crippen molar-refractivity contribution in [2.45, 2.75) is 33.1 Å². The monoisotopic (exact) mass is 493 g/mol. The Balaban J connectivity index is 1.87. The number of hydrogen-bond donors (Lipinski definition) is 1. The smallest absolute Gasteiger partial charge is 0.336 e. The van der Waals surface area contributed by atoms with Crippen LogP contribution in [0.15, 0.2) is 65.0 Å². The Labute approximate surface area is 210 Å². The van der Waals surface area contributed by atoms with Gasteiger partial charge in [0.2, 0.25) is 0 Å². The van der Waals surface area contributed by atoms with E-state index in [9.17, 15) is 14.4 Å². The molecule has 0 saturated heterocycles. The number of carbonyl (C=O) groups is 3. The molecule has 0 aromatic heterocycles. The first kappa shape index (κ1) is 25.0. The third-order valence-electron chi connectivity index (χ3n) is 6.76. The van der Waals surface area contributed by atoms with Gasteiger partial charge in [-0.15, -0.1) is 0 Å². The van der Waals surface area contributed by atoms with Crippen LogP contribution in [0.3, 0.4) is 0 Å². The highest BCUT2D eigenvalue weighted by molar-refractivity contribution is 7.99. The molecule has 1 heterocycles. The minimum absolute atomic E-state index is 0.221. The van der Waals surface area contributed by atoms with Gasteiger partial charge >= 0.3 is 11.9 Å². The molecular weight excluding hydrogens is 462 g/mol. The number of methoxy groups -OCH3 is 1. The van der Waals surface area contributed by atoms with Gasteiger partial charge in [0.15, 0.2) is 5.78 Å². The number of rotatable bonds is 7. The van der Waals surface area contributed by atoms with Gasteiger partial charge in [-0.3, -0.25) is 9.59 Å². The molecule has 0 unspecified atom stereocenters. The first-order chi connectivity index (χ1) is 16.9. The topological polar surface area (TPSA) is 81.7 Å². The van der Waals surface area contributed by atoms with Gasteiger partial charge in [-0.25, -0.2) is 4.79 Å². The number of nitrogens with one attached hydrogen (secondary N) is 1. The lowest BCUT2D eigenvalue weighted by Crippen LogP contribution is -2.43. The summed E-state index contributed by atoms with van der Waals surface area (Å²) in [7, 11) is 1.30. The van der Waals surface area contributed by atoms with Crippen LogP contribution in [0.1, 0.15) is 38.7 Å². The van der Waals surface area contributed by atoms with Gasteiger partial charge in [0.1, 0.15) is 12.5 Å². The number of benzene rings is 2. The second-order valence-electron chi connectivity index (χ2n) is 8.94. The zero-order chi connectivity index (χ0) is 25.1. The molecule has 1 aliphatic carbocycles. The van der Waals surface area contributed by atoms with Crippen molar-refractivity contribution in [2.75, 3.05) is 25.2 Å². The van der Waals surface area contributed by atoms with Crippen LogP contribution in [0, 0.1) is 11.8 Å². The molecule has 1 N–H and O–H groups in total. The quantitative estimate of drug-likeness (QED) is 0.339. The Bertz CT molecular complexity index is 1230. The number of esters is 2. The Morgan fingerprint density at radius 2 is 1.89 bits per heavy atom. The summed E-state index contributed by atoms with van der Waals surface area (Å²) in [5.41, 5.74) is 3.14. The van der Waals surface area contributed by atoms with E-state index < -0.39 is 23.8 Å². The summed E-state index contributed by atoms with van der Waals surface area (Å²) in [6, 6.07) is 13.8. The lowest BCUT2D eigenvalue weighted by atomic mass is 9.68. The Kier molecular flexibility index (Phi) is 7.65. The average molecular weight is 494 g/mol. The van der Waals surface area contributed by atoms with Gasteiger partial charge in [0.05, 0.1) is 12.7 Å². The third-order valence-corrected chi connectivity index (χ3v) is 7.63. The van der Waals surface area contributed by atoms with Crippen LogP contribution in [-0.2, 0) is 23.9 Å². The van der Waals surface area contributed by atoms with Crippen LogP contribution < -0.4 is 5.32 Å². The van der Waals surface area contributed by atoms with E-state index in [1.54, 1.807) is 11.8 Å². The van der Waals surface area contributed by atoms with Crippen LogP contribution in [0.5, 0.6) is 0 Å². The van der Waals surface area contributed by atoms with Gasteiger partial charge in [0, 0.05) is 28.6 Å². The van der Waals surface area contributed by atoms with E-state index in [1.165, 1.54) is 7.11 Å². The van der Waals surface area contributed by atoms with Crippen molar-refractivity contribution in [2.24, 2.45) is 11.8 Å². The molecule has 0 amide bonds. The summed E-state index contributed by atoms with van der Waals surface area (Å²) >= 11 is 1.70. The first-order valence-electron chi connectivity index (χ1n) is 11.9. The minimum atomic E-state index is -0.908. The van der Waals surface area contributed by atoms with Gasteiger partial charge in [0.25, 0.3) is 0 Å². The van der Waals surface area contributed by atoms with E-state index in [0.29, 0.717) is 29.0 Å². The van der Waals surface area contributed by atoms with Crippen LogP contribution in [0.2, 0.25) is 0 Å². The summed E-state index contributed by atoms with van der Waals surface area (Å²) in [6.07, 6.45) is 0.509. The molecular formula is C28H31NO5S.